The average molecular weight is 238 g/mol. The maximum Gasteiger partial charge on any atom is 0.0897 e. The van der Waals surface area contributed by atoms with E-state index in [0.29, 0.717) is 6.04 Å². The Balaban J connectivity index is 2.06. The van der Waals surface area contributed by atoms with E-state index in [2.05, 4.69) is 30.3 Å². The molecule has 0 saturated heterocycles. The van der Waals surface area contributed by atoms with Gasteiger partial charge in [-0.2, -0.15) is 0 Å². The second-order valence-electron chi connectivity index (χ2n) is 4.76. The number of rotatable bonds is 5. The van der Waals surface area contributed by atoms with Gasteiger partial charge in [0.25, 0.3) is 0 Å². The maximum atomic E-state index is 4.40. The molecular formula is C13H22N2S. The van der Waals surface area contributed by atoms with E-state index < -0.39 is 0 Å². The minimum atomic E-state index is 0.564. The van der Waals surface area contributed by atoms with E-state index in [1.165, 1.54) is 42.0 Å². The second-order valence-corrected chi connectivity index (χ2v) is 6.02. The first-order valence-electron chi connectivity index (χ1n) is 6.47. The highest BCUT2D eigenvalue weighted by molar-refractivity contribution is 7.11. The molecule has 0 aromatic carbocycles. The molecule has 0 aliphatic heterocycles. The average Bonchev–Trinajstić information content (AvgIpc) is 2.91. The van der Waals surface area contributed by atoms with Gasteiger partial charge in [-0.05, 0) is 38.6 Å². The number of aromatic nitrogens is 1. The molecule has 2 rings (SSSR count). The van der Waals surface area contributed by atoms with Crippen molar-refractivity contribution in [1.29, 1.82) is 0 Å². The minimum Gasteiger partial charge on any atom is -0.309 e. The lowest BCUT2D eigenvalue weighted by molar-refractivity contribution is 0.373. The zero-order valence-corrected chi connectivity index (χ0v) is 11.1. The van der Waals surface area contributed by atoms with Crippen molar-refractivity contribution in [1.82, 2.24) is 10.3 Å². The van der Waals surface area contributed by atoms with Gasteiger partial charge in [0, 0.05) is 17.1 Å². The van der Waals surface area contributed by atoms with E-state index >= 15 is 0 Å². The molecule has 1 aliphatic carbocycles. The van der Waals surface area contributed by atoms with Gasteiger partial charge in [-0.25, -0.2) is 4.98 Å². The van der Waals surface area contributed by atoms with Gasteiger partial charge >= 0.3 is 0 Å². The van der Waals surface area contributed by atoms with E-state index in [1.54, 1.807) is 0 Å². The molecule has 90 valence electrons. The Morgan fingerprint density at radius 3 is 2.81 bits per heavy atom. The van der Waals surface area contributed by atoms with E-state index in [0.717, 1.165) is 12.5 Å². The van der Waals surface area contributed by atoms with Crippen LogP contribution in [-0.2, 0) is 0 Å². The van der Waals surface area contributed by atoms with Crippen LogP contribution < -0.4 is 5.32 Å². The van der Waals surface area contributed by atoms with E-state index in [4.69, 9.17) is 0 Å². The monoisotopic (exact) mass is 238 g/mol. The van der Waals surface area contributed by atoms with Gasteiger partial charge < -0.3 is 5.32 Å². The molecule has 3 heteroatoms. The molecule has 1 N–H and O–H groups in total. The topological polar surface area (TPSA) is 24.9 Å². The molecular weight excluding hydrogens is 216 g/mol. The summed E-state index contributed by atoms with van der Waals surface area (Å²) in [5.74, 6) is 0.839. The fourth-order valence-corrected chi connectivity index (χ4v) is 3.57. The summed E-state index contributed by atoms with van der Waals surface area (Å²) in [5.41, 5.74) is 0. The summed E-state index contributed by atoms with van der Waals surface area (Å²) < 4.78 is 0. The van der Waals surface area contributed by atoms with Crippen molar-refractivity contribution in [3.63, 3.8) is 0 Å². The Morgan fingerprint density at radius 1 is 1.50 bits per heavy atom. The molecule has 1 unspecified atom stereocenters. The Bertz CT molecular complexity index is 315. The third-order valence-corrected chi connectivity index (χ3v) is 4.43. The molecule has 1 aromatic rings. The van der Waals surface area contributed by atoms with E-state index in [-0.39, 0.29) is 0 Å². The van der Waals surface area contributed by atoms with Crippen LogP contribution in [0.15, 0.2) is 6.20 Å². The molecule has 1 fully saturated rings. The van der Waals surface area contributed by atoms with Gasteiger partial charge in [0.05, 0.1) is 5.01 Å². The molecule has 1 heterocycles. The molecule has 1 aromatic heterocycles. The zero-order valence-electron chi connectivity index (χ0n) is 10.3. The Labute approximate surface area is 102 Å². The van der Waals surface area contributed by atoms with Gasteiger partial charge in [-0.1, -0.05) is 19.8 Å². The van der Waals surface area contributed by atoms with Crippen LogP contribution in [0.4, 0.5) is 0 Å². The summed E-state index contributed by atoms with van der Waals surface area (Å²) in [5, 5.41) is 4.90. The third kappa shape index (κ3) is 2.83. The standard InChI is InChI=1S/C13H22N2S/c1-3-8-14-13(11-6-4-5-7-11)12-9-15-10(2)16-12/h9,11,13-14H,3-8H2,1-2H3. The van der Waals surface area contributed by atoms with Crippen LogP contribution in [0.5, 0.6) is 0 Å². The quantitative estimate of drug-likeness (QED) is 0.846. The van der Waals surface area contributed by atoms with Gasteiger partial charge in [0.15, 0.2) is 0 Å². The van der Waals surface area contributed by atoms with Crippen molar-refractivity contribution in [2.24, 2.45) is 5.92 Å². The summed E-state index contributed by atoms with van der Waals surface area (Å²) in [6.07, 6.45) is 8.88. The first-order valence-corrected chi connectivity index (χ1v) is 7.28. The Hall–Kier alpha value is -0.410. The maximum absolute atomic E-state index is 4.40. The van der Waals surface area contributed by atoms with Crippen molar-refractivity contribution >= 4 is 11.3 Å². The molecule has 0 radical (unpaired) electrons. The highest BCUT2D eigenvalue weighted by atomic mass is 32.1. The minimum absolute atomic E-state index is 0.564. The van der Waals surface area contributed by atoms with Crippen molar-refractivity contribution < 1.29 is 0 Å². The lowest BCUT2D eigenvalue weighted by Crippen LogP contribution is -2.27. The predicted molar refractivity (Wildman–Crippen MR) is 69.8 cm³/mol. The number of thiazole rings is 1. The molecule has 1 aliphatic rings. The summed E-state index contributed by atoms with van der Waals surface area (Å²) in [6, 6.07) is 0.564. The van der Waals surface area contributed by atoms with Gasteiger partial charge in [-0.15, -0.1) is 11.3 Å². The van der Waals surface area contributed by atoms with Crippen LogP contribution in [0.3, 0.4) is 0 Å². The highest BCUT2D eigenvalue weighted by Crippen LogP contribution is 2.37. The van der Waals surface area contributed by atoms with Gasteiger partial charge in [0.1, 0.15) is 0 Å². The van der Waals surface area contributed by atoms with Crippen LogP contribution in [0.25, 0.3) is 0 Å². The summed E-state index contributed by atoms with van der Waals surface area (Å²) in [4.78, 5) is 5.84. The Kier molecular flexibility index (Phi) is 4.36. The fraction of sp³-hybridized carbons (Fsp3) is 0.769. The lowest BCUT2D eigenvalue weighted by atomic mass is 9.97. The number of nitrogens with one attached hydrogen (secondary N) is 1. The number of hydrogen-bond donors (Lipinski definition) is 1. The van der Waals surface area contributed by atoms with E-state index in [9.17, 15) is 0 Å². The highest BCUT2D eigenvalue weighted by Gasteiger charge is 2.26. The second kappa shape index (κ2) is 5.78. The Morgan fingerprint density at radius 2 is 2.25 bits per heavy atom. The molecule has 2 nitrogen and oxygen atoms in total. The van der Waals surface area contributed by atoms with Crippen LogP contribution in [-0.4, -0.2) is 11.5 Å². The van der Waals surface area contributed by atoms with Crippen LogP contribution in [0.1, 0.15) is 55.0 Å². The van der Waals surface area contributed by atoms with Gasteiger partial charge in [-0.3, -0.25) is 0 Å². The fourth-order valence-electron chi connectivity index (χ4n) is 2.61. The first kappa shape index (κ1) is 12.1. The molecule has 1 atom stereocenters. The van der Waals surface area contributed by atoms with Crippen molar-refractivity contribution in [3.05, 3.63) is 16.1 Å². The first-order chi connectivity index (χ1) is 7.81. The summed E-state index contributed by atoms with van der Waals surface area (Å²) >= 11 is 1.86. The van der Waals surface area contributed by atoms with Crippen LogP contribution in [0, 0.1) is 12.8 Å². The normalized spacial score (nSPS) is 19.1. The van der Waals surface area contributed by atoms with Crippen molar-refractivity contribution in [3.8, 4) is 0 Å². The number of hydrogen-bond acceptors (Lipinski definition) is 3. The van der Waals surface area contributed by atoms with Crippen molar-refractivity contribution in [2.45, 2.75) is 52.0 Å². The molecule has 0 spiro atoms. The number of aryl methyl sites for hydroxylation is 1. The van der Waals surface area contributed by atoms with Crippen LogP contribution >= 0.6 is 11.3 Å². The smallest absolute Gasteiger partial charge is 0.0897 e. The van der Waals surface area contributed by atoms with Gasteiger partial charge in [0.2, 0.25) is 0 Å². The third-order valence-electron chi connectivity index (χ3n) is 3.43. The van der Waals surface area contributed by atoms with E-state index in [1.807, 2.05) is 11.3 Å². The summed E-state index contributed by atoms with van der Waals surface area (Å²) in [7, 11) is 0. The lowest BCUT2D eigenvalue weighted by Gasteiger charge is -2.23. The molecule has 0 amide bonds. The zero-order chi connectivity index (χ0) is 11.4. The summed E-state index contributed by atoms with van der Waals surface area (Å²) in [6.45, 7) is 5.45. The predicted octanol–water partition coefficient (Wildman–Crippen LogP) is 3.68. The number of nitrogens with zero attached hydrogens (tertiary/aromatic N) is 1. The molecule has 1 saturated carbocycles. The van der Waals surface area contributed by atoms with Crippen LogP contribution in [0.2, 0.25) is 0 Å². The largest absolute Gasteiger partial charge is 0.309 e. The molecule has 0 bridgehead atoms. The SMILES string of the molecule is CCCNC(c1cnc(C)s1)C1CCCC1. The molecule has 16 heavy (non-hydrogen) atoms. The van der Waals surface area contributed by atoms with Crippen molar-refractivity contribution in [2.75, 3.05) is 6.54 Å².